The van der Waals surface area contributed by atoms with Crippen LogP contribution in [-0.2, 0) is 10.0 Å². The van der Waals surface area contributed by atoms with E-state index in [1.54, 1.807) is 0 Å². The van der Waals surface area contributed by atoms with Gasteiger partial charge in [-0.2, -0.15) is 4.31 Å². The van der Waals surface area contributed by atoms with Crippen LogP contribution in [0, 0.1) is 26.3 Å². The van der Waals surface area contributed by atoms with Crippen molar-refractivity contribution in [2.24, 2.45) is 0 Å². The first-order valence-corrected chi connectivity index (χ1v) is 8.70. The van der Waals surface area contributed by atoms with Gasteiger partial charge in [-0.3, -0.25) is 20.2 Å². The average Bonchev–Trinajstić information content (AvgIpc) is 2.49. The Bertz CT molecular complexity index is 709. The summed E-state index contributed by atoms with van der Waals surface area (Å²) in [5.41, 5.74) is -1.39. The highest BCUT2D eigenvalue weighted by Crippen LogP contribution is 2.27. The van der Waals surface area contributed by atoms with Crippen molar-refractivity contribution in [2.75, 3.05) is 33.2 Å². The highest BCUT2D eigenvalue weighted by Gasteiger charge is 2.30. The van der Waals surface area contributed by atoms with Gasteiger partial charge in [0.1, 0.15) is 4.90 Å². The topological polar surface area (TPSA) is 127 Å². The Balaban J connectivity index is 2.40. The van der Waals surface area contributed by atoms with Gasteiger partial charge in [-0.1, -0.05) is 0 Å². The average molecular weight is 357 g/mol. The number of sulfonamides is 1. The third-order valence-corrected chi connectivity index (χ3v) is 5.56. The molecule has 0 unspecified atom stereocenters. The molecule has 0 bridgehead atoms. The van der Waals surface area contributed by atoms with E-state index in [9.17, 15) is 28.6 Å². The first kappa shape index (κ1) is 18.2. The molecule has 1 saturated heterocycles. The molecule has 0 aliphatic carbocycles. The molecule has 0 amide bonds. The van der Waals surface area contributed by atoms with Crippen molar-refractivity contribution in [1.29, 1.82) is 0 Å². The van der Waals surface area contributed by atoms with Crippen molar-refractivity contribution < 1.29 is 18.3 Å². The van der Waals surface area contributed by atoms with Gasteiger partial charge < -0.3 is 4.90 Å². The molecule has 0 atom stereocenters. The minimum absolute atomic E-state index is 0.247. The molecule has 0 spiro atoms. The predicted molar refractivity (Wildman–Crippen MR) is 84.1 cm³/mol. The molecule has 0 N–H and O–H groups in total. The monoisotopic (exact) mass is 357 g/mol. The molecule has 131 valence electrons. The predicted octanol–water partition coefficient (Wildman–Crippen LogP) is 1.02. The lowest BCUT2D eigenvalue weighted by atomic mass is 10.3. The molecule has 1 aliphatic heterocycles. The van der Waals surface area contributed by atoms with Crippen molar-refractivity contribution in [3.63, 3.8) is 0 Å². The van der Waals surface area contributed by atoms with Gasteiger partial charge in [0.05, 0.1) is 22.0 Å². The largest absolute Gasteiger partial charge is 0.306 e. The summed E-state index contributed by atoms with van der Waals surface area (Å²) >= 11 is 0. The van der Waals surface area contributed by atoms with E-state index in [0.29, 0.717) is 18.9 Å². The van der Waals surface area contributed by atoms with Gasteiger partial charge in [0.25, 0.3) is 11.4 Å². The Kier molecular flexibility index (Phi) is 5.47. The van der Waals surface area contributed by atoms with E-state index >= 15 is 0 Å². The molecule has 1 heterocycles. The number of hydrogen-bond acceptors (Lipinski definition) is 7. The molecular formula is C13H17N4O6S. The maximum Gasteiger partial charge on any atom is 0.285 e. The molecule has 1 fully saturated rings. The van der Waals surface area contributed by atoms with Crippen LogP contribution in [0.4, 0.5) is 11.4 Å². The van der Waals surface area contributed by atoms with Crippen molar-refractivity contribution in [3.05, 3.63) is 38.4 Å². The van der Waals surface area contributed by atoms with E-state index in [0.717, 1.165) is 19.2 Å². The molecule has 11 heteroatoms. The van der Waals surface area contributed by atoms with Gasteiger partial charge in [-0.15, -0.1) is 0 Å². The molecule has 1 aromatic carbocycles. The van der Waals surface area contributed by atoms with Crippen LogP contribution in [0.15, 0.2) is 17.0 Å². The van der Waals surface area contributed by atoms with Crippen LogP contribution in [0.5, 0.6) is 0 Å². The van der Waals surface area contributed by atoms with Gasteiger partial charge in [-0.05, 0) is 33.0 Å². The smallest absolute Gasteiger partial charge is 0.285 e. The van der Waals surface area contributed by atoms with Crippen LogP contribution in [0.1, 0.15) is 12.8 Å². The van der Waals surface area contributed by atoms with E-state index in [2.05, 4.69) is 11.0 Å². The summed E-state index contributed by atoms with van der Waals surface area (Å²) in [7, 11) is -2.13. The first-order valence-electron chi connectivity index (χ1n) is 7.26. The minimum atomic E-state index is -4.08. The lowest BCUT2D eigenvalue weighted by Crippen LogP contribution is -2.38. The molecule has 1 aromatic rings. The molecule has 0 saturated carbocycles. The number of nitro groups is 2. The van der Waals surface area contributed by atoms with Crippen molar-refractivity contribution in [3.8, 4) is 0 Å². The zero-order valence-corrected chi connectivity index (χ0v) is 13.9. The molecule has 1 radical (unpaired) electrons. The number of nitrogens with zero attached hydrogens (tertiary/aromatic N) is 4. The highest BCUT2D eigenvalue weighted by atomic mass is 32.2. The Morgan fingerprint density at radius 1 is 1.04 bits per heavy atom. The van der Waals surface area contributed by atoms with Crippen LogP contribution >= 0.6 is 0 Å². The fourth-order valence-corrected chi connectivity index (χ4v) is 4.01. The van der Waals surface area contributed by atoms with Gasteiger partial charge in [0.2, 0.25) is 10.0 Å². The Hall–Kier alpha value is -2.11. The zero-order valence-electron chi connectivity index (χ0n) is 13.0. The number of nitro benzene ring substituents is 2. The van der Waals surface area contributed by atoms with E-state index in [1.807, 2.05) is 7.05 Å². The Morgan fingerprint density at radius 2 is 1.62 bits per heavy atom. The molecule has 1 aliphatic rings. The van der Waals surface area contributed by atoms with Gasteiger partial charge >= 0.3 is 0 Å². The van der Waals surface area contributed by atoms with E-state index < -0.39 is 36.1 Å². The standard InChI is InChI=1S/C13H17N4O6S/c1-14-4-2-6-15(7-3-5-14)24(22,23)13-9-11(16(18)19)8-12(10-13)17(20)21/h8-9H,2-7H2,1H3. The summed E-state index contributed by atoms with van der Waals surface area (Å²) in [4.78, 5) is 21.6. The Morgan fingerprint density at radius 3 is 2.12 bits per heavy atom. The summed E-state index contributed by atoms with van der Waals surface area (Å²) in [6, 6.07) is 3.69. The molecule has 0 aromatic heterocycles. The highest BCUT2D eigenvalue weighted by molar-refractivity contribution is 7.89. The van der Waals surface area contributed by atoms with E-state index in [1.165, 1.54) is 4.31 Å². The SMILES string of the molecule is CN1CCCN(S(=O)(=O)c2[c]c([N+](=O)[O-])cc([N+](=O)[O-])c2)CCC1. The second-order valence-electron chi connectivity index (χ2n) is 5.52. The maximum absolute atomic E-state index is 12.7. The molecule has 10 nitrogen and oxygen atoms in total. The third-order valence-electron chi connectivity index (χ3n) is 3.73. The first-order chi connectivity index (χ1) is 11.2. The molecular weight excluding hydrogens is 340 g/mol. The van der Waals surface area contributed by atoms with Crippen LogP contribution in [0.3, 0.4) is 0 Å². The van der Waals surface area contributed by atoms with Crippen LogP contribution in [-0.4, -0.2) is 60.7 Å². The normalized spacial score (nSPS) is 17.9. The second-order valence-corrected chi connectivity index (χ2v) is 7.42. The Labute approximate surface area is 139 Å². The van der Waals surface area contributed by atoms with Gasteiger partial charge in [0.15, 0.2) is 0 Å². The zero-order chi connectivity index (χ0) is 17.9. The fourth-order valence-electron chi connectivity index (χ4n) is 2.49. The van der Waals surface area contributed by atoms with E-state index in [4.69, 9.17) is 0 Å². The summed E-state index contributed by atoms with van der Waals surface area (Å²) < 4.78 is 26.6. The second kappa shape index (κ2) is 7.20. The minimum Gasteiger partial charge on any atom is -0.306 e. The summed E-state index contributed by atoms with van der Waals surface area (Å²) in [5, 5.41) is 21.8. The third kappa shape index (κ3) is 4.04. The lowest BCUT2D eigenvalue weighted by Gasteiger charge is -2.27. The van der Waals surface area contributed by atoms with Crippen molar-refractivity contribution >= 4 is 21.4 Å². The fraction of sp³-hybridized carbons (Fsp3) is 0.538. The van der Waals surface area contributed by atoms with Crippen molar-refractivity contribution in [2.45, 2.75) is 17.7 Å². The van der Waals surface area contributed by atoms with Crippen LogP contribution in [0.25, 0.3) is 0 Å². The van der Waals surface area contributed by atoms with E-state index in [-0.39, 0.29) is 13.1 Å². The summed E-state index contributed by atoms with van der Waals surface area (Å²) in [5.74, 6) is 0. The number of non-ortho nitro benzene ring substituents is 2. The van der Waals surface area contributed by atoms with Crippen molar-refractivity contribution in [1.82, 2.24) is 9.21 Å². The summed E-state index contributed by atoms with van der Waals surface area (Å²) in [6.45, 7) is 1.95. The summed E-state index contributed by atoms with van der Waals surface area (Å²) in [6.07, 6.45) is 1.21. The van der Waals surface area contributed by atoms with Crippen LogP contribution in [0.2, 0.25) is 0 Å². The van der Waals surface area contributed by atoms with Crippen LogP contribution < -0.4 is 0 Å². The number of hydrogen-bond donors (Lipinski definition) is 0. The number of rotatable bonds is 4. The molecule has 24 heavy (non-hydrogen) atoms. The van der Waals surface area contributed by atoms with Gasteiger partial charge in [0, 0.05) is 19.2 Å². The lowest BCUT2D eigenvalue weighted by molar-refractivity contribution is -0.394. The quantitative estimate of drug-likeness (QED) is 0.581. The van der Waals surface area contributed by atoms with Gasteiger partial charge in [-0.25, -0.2) is 8.42 Å². The molecule has 2 rings (SSSR count). The maximum atomic E-state index is 12.7. The number of benzene rings is 1.